The van der Waals surface area contributed by atoms with Crippen molar-refractivity contribution in [1.29, 1.82) is 0 Å². The van der Waals surface area contributed by atoms with Gasteiger partial charge in [-0.15, -0.1) is 0 Å². The SMILES string of the molecule is CC(F)OC(C)(C)C. The molecule has 0 aliphatic carbocycles. The minimum atomic E-state index is -1.16. The fourth-order valence-corrected chi connectivity index (χ4v) is 0.487. The Kier molecular flexibility index (Phi) is 2.41. The summed E-state index contributed by atoms with van der Waals surface area (Å²) in [6, 6.07) is 0. The highest BCUT2D eigenvalue weighted by Gasteiger charge is 2.13. The second-order valence-corrected chi connectivity index (χ2v) is 2.77. The minimum Gasteiger partial charge on any atom is -0.343 e. The summed E-state index contributed by atoms with van der Waals surface area (Å²) in [7, 11) is 0. The lowest BCUT2D eigenvalue weighted by atomic mass is 10.2. The molecule has 0 rings (SSSR count). The maximum Gasteiger partial charge on any atom is 0.196 e. The number of halogens is 1. The van der Waals surface area contributed by atoms with Gasteiger partial charge in [0.15, 0.2) is 6.36 Å². The van der Waals surface area contributed by atoms with Crippen LogP contribution in [0.15, 0.2) is 0 Å². The number of hydrogen-bond donors (Lipinski definition) is 0. The molecule has 0 N–H and O–H groups in total. The van der Waals surface area contributed by atoms with Gasteiger partial charge in [-0.25, -0.2) is 4.39 Å². The molecule has 8 heavy (non-hydrogen) atoms. The van der Waals surface area contributed by atoms with Crippen molar-refractivity contribution in [3.05, 3.63) is 0 Å². The third-order valence-corrected chi connectivity index (χ3v) is 0.516. The number of hydrogen-bond acceptors (Lipinski definition) is 1. The Bertz CT molecular complexity index is 63.4. The molecule has 0 aromatic heterocycles. The predicted molar refractivity (Wildman–Crippen MR) is 31.4 cm³/mol. The van der Waals surface area contributed by atoms with Crippen molar-refractivity contribution in [3.8, 4) is 0 Å². The molecule has 1 nitrogen and oxygen atoms in total. The van der Waals surface area contributed by atoms with Crippen LogP contribution in [-0.4, -0.2) is 12.0 Å². The fraction of sp³-hybridized carbons (Fsp3) is 1.00. The molecule has 50 valence electrons. The molecule has 0 spiro atoms. The largest absolute Gasteiger partial charge is 0.343 e. The van der Waals surface area contributed by atoms with E-state index in [1.54, 1.807) is 0 Å². The van der Waals surface area contributed by atoms with Gasteiger partial charge in [0, 0.05) is 0 Å². The van der Waals surface area contributed by atoms with Gasteiger partial charge in [-0.05, 0) is 27.7 Å². The van der Waals surface area contributed by atoms with Crippen molar-refractivity contribution in [2.75, 3.05) is 0 Å². The summed E-state index contributed by atoms with van der Waals surface area (Å²) >= 11 is 0. The van der Waals surface area contributed by atoms with Crippen LogP contribution in [0.5, 0.6) is 0 Å². The Hall–Kier alpha value is -0.110. The molecule has 0 saturated heterocycles. The second kappa shape index (κ2) is 2.44. The number of ether oxygens (including phenoxy) is 1. The Morgan fingerprint density at radius 1 is 1.38 bits per heavy atom. The van der Waals surface area contributed by atoms with Crippen LogP contribution in [-0.2, 0) is 4.74 Å². The Morgan fingerprint density at radius 3 is 1.75 bits per heavy atom. The van der Waals surface area contributed by atoms with Crippen LogP contribution in [0.2, 0.25) is 0 Å². The van der Waals surface area contributed by atoms with E-state index in [1.165, 1.54) is 6.92 Å². The zero-order valence-corrected chi connectivity index (χ0v) is 5.86. The Labute approximate surface area is 49.8 Å². The van der Waals surface area contributed by atoms with Gasteiger partial charge in [-0.1, -0.05) is 0 Å². The van der Waals surface area contributed by atoms with Crippen molar-refractivity contribution in [1.82, 2.24) is 0 Å². The zero-order chi connectivity index (χ0) is 6.78. The molecule has 0 radical (unpaired) electrons. The van der Waals surface area contributed by atoms with Crippen LogP contribution in [0.4, 0.5) is 4.39 Å². The van der Waals surface area contributed by atoms with E-state index in [0.717, 1.165) is 0 Å². The van der Waals surface area contributed by atoms with Crippen molar-refractivity contribution in [2.45, 2.75) is 39.7 Å². The van der Waals surface area contributed by atoms with Crippen molar-refractivity contribution in [2.24, 2.45) is 0 Å². The van der Waals surface area contributed by atoms with Crippen LogP contribution in [0.25, 0.3) is 0 Å². The Balaban J connectivity index is 3.39. The molecule has 0 amide bonds. The molecule has 0 aliphatic heterocycles. The molecule has 0 aromatic carbocycles. The van der Waals surface area contributed by atoms with E-state index in [9.17, 15) is 4.39 Å². The smallest absolute Gasteiger partial charge is 0.196 e. The average Bonchev–Trinajstić information content (AvgIpc) is 1.21. The summed E-state index contributed by atoms with van der Waals surface area (Å²) in [5, 5.41) is 0. The molecule has 2 heteroatoms. The first-order valence-electron chi connectivity index (χ1n) is 2.74. The molecular formula is C6H13FO. The molecule has 0 heterocycles. The highest BCUT2D eigenvalue weighted by Crippen LogP contribution is 2.10. The van der Waals surface area contributed by atoms with Gasteiger partial charge in [0.1, 0.15) is 0 Å². The van der Waals surface area contributed by atoms with Gasteiger partial charge in [0.2, 0.25) is 0 Å². The van der Waals surface area contributed by atoms with E-state index in [-0.39, 0.29) is 5.60 Å². The maximum atomic E-state index is 12.0. The minimum absolute atomic E-state index is 0.353. The lowest BCUT2D eigenvalue weighted by molar-refractivity contribution is -0.111. The summed E-state index contributed by atoms with van der Waals surface area (Å²) in [6.45, 7) is 6.85. The number of rotatable bonds is 1. The van der Waals surface area contributed by atoms with E-state index in [4.69, 9.17) is 4.74 Å². The molecule has 0 saturated carbocycles. The predicted octanol–water partition coefficient (Wildman–Crippen LogP) is 2.12. The number of alkyl halides is 1. The summed E-state index contributed by atoms with van der Waals surface area (Å²) in [5.74, 6) is 0. The Morgan fingerprint density at radius 2 is 1.75 bits per heavy atom. The van der Waals surface area contributed by atoms with Crippen LogP contribution in [0.1, 0.15) is 27.7 Å². The first kappa shape index (κ1) is 7.89. The molecule has 0 bridgehead atoms. The standard InChI is InChI=1S/C6H13FO/c1-5(7)8-6(2,3)4/h5H,1-4H3. The third-order valence-electron chi connectivity index (χ3n) is 0.516. The van der Waals surface area contributed by atoms with E-state index < -0.39 is 6.36 Å². The van der Waals surface area contributed by atoms with Crippen LogP contribution in [0.3, 0.4) is 0 Å². The van der Waals surface area contributed by atoms with E-state index in [2.05, 4.69) is 0 Å². The highest BCUT2D eigenvalue weighted by molar-refractivity contribution is 4.58. The van der Waals surface area contributed by atoms with Gasteiger partial charge in [-0.2, -0.15) is 0 Å². The molecule has 1 atom stereocenters. The first-order chi connectivity index (χ1) is 3.42. The van der Waals surface area contributed by atoms with Gasteiger partial charge < -0.3 is 4.74 Å². The summed E-state index contributed by atoms with van der Waals surface area (Å²) in [4.78, 5) is 0. The van der Waals surface area contributed by atoms with E-state index in [0.29, 0.717) is 0 Å². The first-order valence-corrected chi connectivity index (χ1v) is 2.74. The van der Waals surface area contributed by atoms with Crippen LogP contribution >= 0.6 is 0 Å². The monoisotopic (exact) mass is 120 g/mol. The zero-order valence-electron chi connectivity index (χ0n) is 5.86. The highest BCUT2D eigenvalue weighted by atomic mass is 19.1. The lowest BCUT2D eigenvalue weighted by Crippen LogP contribution is -2.22. The lowest BCUT2D eigenvalue weighted by Gasteiger charge is -2.19. The van der Waals surface area contributed by atoms with Crippen LogP contribution in [0, 0.1) is 0 Å². The van der Waals surface area contributed by atoms with E-state index in [1.807, 2.05) is 20.8 Å². The van der Waals surface area contributed by atoms with Gasteiger partial charge in [0.25, 0.3) is 0 Å². The molecule has 0 aliphatic rings. The van der Waals surface area contributed by atoms with Crippen molar-refractivity contribution < 1.29 is 9.13 Å². The summed E-state index contributed by atoms with van der Waals surface area (Å²) < 4.78 is 16.7. The third kappa shape index (κ3) is 5.89. The van der Waals surface area contributed by atoms with Gasteiger partial charge in [0.05, 0.1) is 5.60 Å². The van der Waals surface area contributed by atoms with E-state index >= 15 is 0 Å². The normalized spacial score (nSPS) is 16.1. The quantitative estimate of drug-likeness (QED) is 0.515. The summed E-state index contributed by atoms with van der Waals surface area (Å²) in [6.07, 6.45) is -1.16. The topological polar surface area (TPSA) is 9.23 Å². The van der Waals surface area contributed by atoms with Gasteiger partial charge >= 0.3 is 0 Å². The molecule has 1 unspecified atom stereocenters. The average molecular weight is 120 g/mol. The maximum absolute atomic E-state index is 12.0. The molecule has 0 fully saturated rings. The second-order valence-electron chi connectivity index (χ2n) is 2.77. The van der Waals surface area contributed by atoms with Crippen LogP contribution < -0.4 is 0 Å². The molecular weight excluding hydrogens is 107 g/mol. The molecule has 0 aromatic rings. The van der Waals surface area contributed by atoms with Crippen molar-refractivity contribution >= 4 is 0 Å². The van der Waals surface area contributed by atoms with Crippen molar-refractivity contribution in [3.63, 3.8) is 0 Å². The van der Waals surface area contributed by atoms with Gasteiger partial charge in [-0.3, -0.25) is 0 Å². The fourth-order valence-electron chi connectivity index (χ4n) is 0.487. The summed E-state index contributed by atoms with van der Waals surface area (Å²) in [5.41, 5.74) is -0.353.